The fraction of sp³-hybridized carbons (Fsp3) is 0.0769. The molecule has 38 heavy (non-hydrogen) atoms. The zero-order valence-electron chi connectivity index (χ0n) is 20.0. The SMILES string of the molecule is COc1cc(/C=C2\C(=O)NC(=O)N(c3ccc(C(=O)O)cc3)C2=O)ccc1OS(=O)(=O)c1ccc(C)cc1. The number of carboxylic acid groups (broad SMARTS) is 1. The first-order chi connectivity index (χ1) is 18.0. The molecule has 0 aromatic heterocycles. The van der Waals surface area contributed by atoms with Crippen molar-refractivity contribution in [1.82, 2.24) is 5.32 Å². The highest BCUT2D eigenvalue weighted by molar-refractivity contribution is 7.87. The van der Waals surface area contributed by atoms with Gasteiger partial charge in [-0.1, -0.05) is 23.8 Å². The van der Waals surface area contributed by atoms with Crippen LogP contribution in [0, 0.1) is 6.92 Å². The molecule has 0 unspecified atom stereocenters. The van der Waals surface area contributed by atoms with Crippen molar-refractivity contribution in [2.24, 2.45) is 0 Å². The fourth-order valence-corrected chi connectivity index (χ4v) is 4.47. The number of rotatable bonds is 7. The zero-order valence-corrected chi connectivity index (χ0v) is 20.8. The molecule has 12 heteroatoms. The molecule has 4 amide bonds. The fourth-order valence-electron chi connectivity index (χ4n) is 3.53. The van der Waals surface area contributed by atoms with Gasteiger partial charge in [-0.15, -0.1) is 0 Å². The number of barbiturate groups is 1. The normalized spacial score (nSPS) is 14.8. The molecule has 1 aliphatic rings. The molecule has 4 rings (SSSR count). The van der Waals surface area contributed by atoms with E-state index >= 15 is 0 Å². The summed E-state index contributed by atoms with van der Waals surface area (Å²) >= 11 is 0. The van der Waals surface area contributed by atoms with Crippen LogP contribution in [0.3, 0.4) is 0 Å². The van der Waals surface area contributed by atoms with E-state index < -0.39 is 39.5 Å². The highest BCUT2D eigenvalue weighted by Gasteiger charge is 2.37. The van der Waals surface area contributed by atoms with Gasteiger partial charge < -0.3 is 14.0 Å². The summed E-state index contributed by atoms with van der Waals surface area (Å²) < 4.78 is 35.8. The quantitative estimate of drug-likeness (QED) is 0.263. The van der Waals surface area contributed by atoms with Crippen LogP contribution < -0.4 is 19.1 Å². The van der Waals surface area contributed by atoms with Crippen LogP contribution in [0.25, 0.3) is 6.08 Å². The van der Waals surface area contributed by atoms with Gasteiger partial charge in [0.05, 0.1) is 18.4 Å². The average molecular weight is 537 g/mol. The van der Waals surface area contributed by atoms with E-state index in [-0.39, 0.29) is 33.2 Å². The van der Waals surface area contributed by atoms with Gasteiger partial charge in [-0.2, -0.15) is 8.42 Å². The van der Waals surface area contributed by atoms with E-state index in [9.17, 15) is 27.6 Å². The number of hydrogen-bond donors (Lipinski definition) is 2. The van der Waals surface area contributed by atoms with Crippen molar-refractivity contribution in [1.29, 1.82) is 0 Å². The van der Waals surface area contributed by atoms with Crippen LogP contribution in [0.4, 0.5) is 10.5 Å². The maximum Gasteiger partial charge on any atom is 0.339 e. The van der Waals surface area contributed by atoms with Crippen molar-refractivity contribution in [3.05, 3.63) is 89.0 Å². The molecule has 0 spiro atoms. The molecular weight excluding hydrogens is 516 g/mol. The number of urea groups is 1. The Morgan fingerprint density at radius 3 is 2.21 bits per heavy atom. The summed E-state index contributed by atoms with van der Waals surface area (Å²) in [5.74, 6) is -3.18. The second-order valence-electron chi connectivity index (χ2n) is 8.07. The number of carboxylic acids is 1. The monoisotopic (exact) mass is 536 g/mol. The van der Waals surface area contributed by atoms with Crippen LogP contribution in [-0.4, -0.2) is 44.4 Å². The lowest BCUT2D eigenvalue weighted by molar-refractivity contribution is -0.122. The lowest BCUT2D eigenvalue weighted by atomic mass is 10.1. The molecule has 0 atom stereocenters. The number of aryl methyl sites for hydroxylation is 1. The minimum Gasteiger partial charge on any atom is -0.493 e. The summed E-state index contributed by atoms with van der Waals surface area (Å²) in [6.07, 6.45) is 1.20. The van der Waals surface area contributed by atoms with Crippen LogP contribution in [0.1, 0.15) is 21.5 Å². The Kier molecular flexibility index (Phi) is 7.00. The van der Waals surface area contributed by atoms with Crippen LogP contribution in [0.2, 0.25) is 0 Å². The molecule has 11 nitrogen and oxygen atoms in total. The van der Waals surface area contributed by atoms with Gasteiger partial charge in [0.1, 0.15) is 10.5 Å². The topological polar surface area (TPSA) is 156 Å². The lowest BCUT2D eigenvalue weighted by Crippen LogP contribution is -2.54. The summed E-state index contributed by atoms with van der Waals surface area (Å²) in [5.41, 5.74) is 0.756. The molecule has 1 saturated heterocycles. The maximum absolute atomic E-state index is 13.1. The molecule has 1 aliphatic heterocycles. The summed E-state index contributed by atoms with van der Waals surface area (Å²) in [4.78, 5) is 49.7. The zero-order chi connectivity index (χ0) is 27.6. The Morgan fingerprint density at radius 2 is 1.61 bits per heavy atom. The van der Waals surface area contributed by atoms with Crippen LogP contribution >= 0.6 is 0 Å². The predicted octanol–water partition coefficient (Wildman–Crippen LogP) is 3.14. The number of aromatic carboxylic acids is 1. The predicted molar refractivity (Wildman–Crippen MR) is 134 cm³/mol. The smallest absolute Gasteiger partial charge is 0.339 e. The van der Waals surface area contributed by atoms with E-state index in [1.165, 1.54) is 67.8 Å². The first-order valence-electron chi connectivity index (χ1n) is 10.9. The Balaban J connectivity index is 1.64. The maximum atomic E-state index is 13.1. The molecule has 0 saturated carbocycles. The van der Waals surface area contributed by atoms with Gasteiger partial charge in [0.25, 0.3) is 11.8 Å². The number of benzene rings is 3. The first-order valence-corrected chi connectivity index (χ1v) is 12.3. The average Bonchev–Trinajstić information content (AvgIpc) is 2.87. The molecular formula is C26H20N2O9S. The standard InChI is InChI=1S/C26H20N2O9S/c1-15-3-10-19(11-4-15)38(34,35)37-21-12-5-16(14-22(21)36-2)13-20-23(29)27-26(33)28(24(20)30)18-8-6-17(7-9-18)25(31)32/h3-14H,1-2H3,(H,31,32)(H,27,29,33)/b20-13+. The number of anilines is 1. The first kappa shape index (κ1) is 26.1. The number of imide groups is 2. The number of carbonyl (C=O) groups is 4. The van der Waals surface area contributed by atoms with Crippen LogP contribution in [-0.2, 0) is 19.7 Å². The molecule has 194 valence electrons. The summed E-state index contributed by atoms with van der Waals surface area (Å²) in [5, 5.41) is 11.1. The van der Waals surface area contributed by atoms with Gasteiger partial charge in [-0.3, -0.25) is 14.9 Å². The summed E-state index contributed by atoms with van der Waals surface area (Å²) in [6.45, 7) is 1.81. The number of amides is 4. The van der Waals surface area contributed by atoms with Crippen molar-refractivity contribution in [2.45, 2.75) is 11.8 Å². The van der Waals surface area contributed by atoms with E-state index in [4.69, 9.17) is 14.0 Å². The largest absolute Gasteiger partial charge is 0.493 e. The van der Waals surface area contributed by atoms with Crippen molar-refractivity contribution < 1.29 is 41.6 Å². The Hall–Kier alpha value is -4.97. The molecule has 3 aromatic carbocycles. The summed E-state index contributed by atoms with van der Waals surface area (Å²) in [6, 6.07) is 14.1. The van der Waals surface area contributed by atoms with Crippen LogP contribution in [0.15, 0.2) is 77.2 Å². The molecule has 2 N–H and O–H groups in total. The third kappa shape index (κ3) is 5.25. The highest BCUT2D eigenvalue weighted by atomic mass is 32.2. The van der Waals surface area contributed by atoms with Crippen molar-refractivity contribution in [2.75, 3.05) is 12.0 Å². The van der Waals surface area contributed by atoms with E-state index in [0.717, 1.165) is 5.56 Å². The second kappa shape index (κ2) is 10.2. The molecule has 0 aliphatic carbocycles. The number of methoxy groups -OCH3 is 1. The molecule has 3 aromatic rings. The molecule has 1 fully saturated rings. The Morgan fingerprint density at radius 1 is 0.947 bits per heavy atom. The Bertz CT molecular complexity index is 1590. The van der Waals surface area contributed by atoms with Gasteiger partial charge in [-0.05, 0) is 67.1 Å². The van der Waals surface area contributed by atoms with Crippen molar-refractivity contribution in [3.8, 4) is 11.5 Å². The van der Waals surface area contributed by atoms with E-state index in [2.05, 4.69) is 5.32 Å². The molecule has 0 radical (unpaired) electrons. The van der Waals surface area contributed by atoms with Crippen LogP contribution in [0.5, 0.6) is 11.5 Å². The highest BCUT2D eigenvalue weighted by Crippen LogP contribution is 2.32. The summed E-state index contributed by atoms with van der Waals surface area (Å²) in [7, 11) is -2.88. The molecule has 0 bridgehead atoms. The third-order valence-electron chi connectivity index (χ3n) is 5.48. The van der Waals surface area contributed by atoms with Gasteiger partial charge in [0.2, 0.25) is 0 Å². The van der Waals surface area contributed by atoms with Gasteiger partial charge in [0.15, 0.2) is 11.5 Å². The number of carbonyl (C=O) groups excluding carboxylic acids is 3. The van der Waals surface area contributed by atoms with E-state index in [0.29, 0.717) is 4.90 Å². The Labute approximate surface area is 217 Å². The lowest BCUT2D eigenvalue weighted by Gasteiger charge is -2.26. The second-order valence-corrected chi connectivity index (χ2v) is 9.62. The van der Waals surface area contributed by atoms with Gasteiger partial charge in [0, 0.05) is 0 Å². The van der Waals surface area contributed by atoms with Crippen molar-refractivity contribution in [3.63, 3.8) is 0 Å². The number of ether oxygens (including phenoxy) is 1. The number of hydrogen-bond acceptors (Lipinski definition) is 8. The molecule has 1 heterocycles. The van der Waals surface area contributed by atoms with E-state index in [1.54, 1.807) is 12.1 Å². The number of nitrogens with zero attached hydrogens (tertiary/aromatic N) is 1. The van der Waals surface area contributed by atoms with Crippen molar-refractivity contribution >= 4 is 45.7 Å². The number of nitrogens with one attached hydrogen (secondary N) is 1. The van der Waals surface area contributed by atoms with Gasteiger partial charge >= 0.3 is 22.1 Å². The minimum atomic E-state index is -4.17. The van der Waals surface area contributed by atoms with E-state index in [1.807, 2.05) is 6.92 Å². The van der Waals surface area contributed by atoms with Gasteiger partial charge in [-0.25, -0.2) is 14.5 Å². The minimum absolute atomic E-state index is 0.0101. The third-order valence-corrected chi connectivity index (χ3v) is 6.73.